The van der Waals surface area contributed by atoms with Crippen molar-refractivity contribution in [2.24, 2.45) is 10.8 Å². The second kappa shape index (κ2) is 3.24. The fourth-order valence-corrected chi connectivity index (χ4v) is 3.80. The second-order valence-corrected chi connectivity index (χ2v) is 6.97. The highest BCUT2D eigenvalue weighted by Gasteiger charge is 2.81. The van der Waals surface area contributed by atoms with Gasteiger partial charge in [-0.2, -0.15) is 4.89 Å². The third kappa shape index (κ3) is 1.16. The minimum Gasteiger partial charge on any atom is -0.346 e. The van der Waals surface area contributed by atoms with Gasteiger partial charge in [0.15, 0.2) is 11.6 Å². The van der Waals surface area contributed by atoms with E-state index in [0.717, 1.165) is 0 Å². The van der Waals surface area contributed by atoms with Gasteiger partial charge in [-0.05, 0) is 45.6 Å². The summed E-state index contributed by atoms with van der Waals surface area (Å²) in [7, 11) is 1.47. The summed E-state index contributed by atoms with van der Waals surface area (Å²) in [6.07, 6.45) is 4.47. The summed E-state index contributed by atoms with van der Waals surface area (Å²) in [5.41, 5.74) is -1.74. The summed E-state index contributed by atoms with van der Waals surface area (Å²) in [6.45, 7) is 3.64. The lowest BCUT2D eigenvalue weighted by Gasteiger charge is -2.48. The maximum absolute atomic E-state index is 12.8. The number of carbonyl (C=O) groups is 2. The third-order valence-electron chi connectivity index (χ3n) is 5.19. The Kier molecular flexibility index (Phi) is 2.05. The molecular formula is C15H18O5. The molecule has 108 valence electrons. The molecule has 1 heterocycles. The molecule has 5 nitrogen and oxygen atoms in total. The molecule has 5 heteroatoms. The molecule has 0 amide bonds. The fourth-order valence-electron chi connectivity index (χ4n) is 3.80. The smallest absolute Gasteiger partial charge is 0.243 e. The van der Waals surface area contributed by atoms with Crippen molar-refractivity contribution in [3.63, 3.8) is 0 Å². The lowest BCUT2D eigenvalue weighted by atomic mass is 9.66. The van der Waals surface area contributed by atoms with Crippen molar-refractivity contribution >= 4 is 11.6 Å². The van der Waals surface area contributed by atoms with E-state index in [4.69, 9.17) is 14.5 Å². The number of fused-ring (bicyclic) bond motifs is 2. The van der Waals surface area contributed by atoms with Crippen molar-refractivity contribution in [2.75, 3.05) is 7.11 Å². The number of methoxy groups -OCH3 is 1. The van der Waals surface area contributed by atoms with Crippen LogP contribution in [0.3, 0.4) is 0 Å². The topological polar surface area (TPSA) is 61.8 Å². The van der Waals surface area contributed by atoms with Gasteiger partial charge >= 0.3 is 0 Å². The van der Waals surface area contributed by atoms with Crippen LogP contribution >= 0.6 is 0 Å². The third-order valence-corrected chi connectivity index (χ3v) is 5.19. The first-order chi connectivity index (χ1) is 9.34. The quantitative estimate of drug-likeness (QED) is 0.540. The zero-order valence-electron chi connectivity index (χ0n) is 11.9. The Morgan fingerprint density at radius 2 is 1.75 bits per heavy atom. The molecule has 0 aromatic carbocycles. The summed E-state index contributed by atoms with van der Waals surface area (Å²) >= 11 is 0. The molecular weight excluding hydrogens is 260 g/mol. The van der Waals surface area contributed by atoms with E-state index in [9.17, 15) is 9.59 Å². The molecule has 0 N–H and O–H groups in total. The molecule has 0 saturated heterocycles. The van der Waals surface area contributed by atoms with Crippen LogP contribution in [0.25, 0.3) is 0 Å². The number of rotatable bonds is 1. The van der Waals surface area contributed by atoms with E-state index < -0.39 is 22.2 Å². The molecule has 3 aliphatic carbocycles. The summed E-state index contributed by atoms with van der Waals surface area (Å²) in [5.74, 6) is -1.47. The van der Waals surface area contributed by atoms with Crippen molar-refractivity contribution < 1.29 is 24.1 Å². The highest BCUT2D eigenvalue weighted by atomic mass is 17.2. The van der Waals surface area contributed by atoms with Gasteiger partial charge in [0.25, 0.3) is 0 Å². The van der Waals surface area contributed by atoms with Crippen LogP contribution < -0.4 is 0 Å². The van der Waals surface area contributed by atoms with Gasteiger partial charge in [0.2, 0.25) is 5.79 Å². The van der Waals surface area contributed by atoms with E-state index in [1.807, 2.05) is 13.8 Å². The van der Waals surface area contributed by atoms with E-state index in [2.05, 4.69) is 0 Å². The van der Waals surface area contributed by atoms with Crippen molar-refractivity contribution in [3.8, 4) is 0 Å². The van der Waals surface area contributed by atoms with Crippen molar-refractivity contribution in [1.82, 2.24) is 0 Å². The normalized spacial score (nSPS) is 38.6. The second-order valence-electron chi connectivity index (χ2n) is 6.97. The number of carbonyl (C=O) groups excluding carboxylic acids is 2. The molecule has 0 radical (unpaired) electrons. The number of hydrogen-bond acceptors (Lipinski definition) is 5. The molecule has 3 fully saturated rings. The van der Waals surface area contributed by atoms with E-state index >= 15 is 0 Å². The Bertz CT molecular complexity index is 565. The summed E-state index contributed by atoms with van der Waals surface area (Å²) in [4.78, 5) is 36.6. The SMILES string of the molecule is COC12OOC(C)(C)C=C1C(=O)C1(CC1)C(=O)C21CC1. The van der Waals surface area contributed by atoms with Gasteiger partial charge in [0.05, 0.1) is 16.4 Å². The molecule has 4 rings (SSSR count). The first kappa shape index (κ1) is 12.7. The number of Topliss-reactive ketones (excluding diaryl/α,β-unsaturated/α-hetero) is 2. The lowest BCUT2D eigenvalue weighted by molar-refractivity contribution is -0.460. The fraction of sp³-hybridized carbons (Fsp3) is 0.733. The Balaban J connectivity index is 1.95. The zero-order valence-corrected chi connectivity index (χ0v) is 11.9. The predicted octanol–water partition coefficient (Wildman–Crippen LogP) is 1.71. The Morgan fingerprint density at radius 1 is 1.10 bits per heavy atom. The average Bonchev–Trinajstić information content (AvgIpc) is 3.28. The molecule has 3 saturated carbocycles. The maximum Gasteiger partial charge on any atom is 0.243 e. The first-order valence-electron chi connectivity index (χ1n) is 7.09. The van der Waals surface area contributed by atoms with E-state index in [0.29, 0.717) is 31.3 Å². The van der Waals surface area contributed by atoms with Crippen molar-refractivity contribution in [2.45, 2.75) is 50.9 Å². The minimum atomic E-state index is -1.34. The van der Waals surface area contributed by atoms with Gasteiger partial charge < -0.3 is 4.74 Å². The standard InChI is InChI=1S/C15H18O5/c1-12(2)8-9-10(16)13(4-5-13)11(17)14(6-7-14)15(9,18-3)20-19-12/h8H,4-7H2,1-3H3. The van der Waals surface area contributed by atoms with Gasteiger partial charge in [-0.3, -0.25) is 9.59 Å². The van der Waals surface area contributed by atoms with Crippen LogP contribution in [0.2, 0.25) is 0 Å². The molecule has 1 atom stereocenters. The predicted molar refractivity (Wildman–Crippen MR) is 67.4 cm³/mol. The van der Waals surface area contributed by atoms with Crippen LogP contribution in [-0.2, 0) is 24.1 Å². The number of hydrogen-bond donors (Lipinski definition) is 0. The summed E-state index contributed by atoms with van der Waals surface area (Å²) in [6, 6.07) is 0. The molecule has 4 aliphatic rings. The van der Waals surface area contributed by atoms with Gasteiger partial charge in [-0.1, -0.05) is 0 Å². The minimum absolute atomic E-state index is 0.00249. The Hall–Kier alpha value is -1.04. The van der Waals surface area contributed by atoms with Gasteiger partial charge in [0.1, 0.15) is 5.60 Å². The van der Waals surface area contributed by atoms with Crippen LogP contribution in [0, 0.1) is 10.8 Å². The van der Waals surface area contributed by atoms with Crippen LogP contribution in [0.5, 0.6) is 0 Å². The van der Waals surface area contributed by atoms with Crippen molar-refractivity contribution in [1.29, 1.82) is 0 Å². The van der Waals surface area contributed by atoms with Crippen LogP contribution in [0.4, 0.5) is 0 Å². The van der Waals surface area contributed by atoms with Crippen LogP contribution in [0.1, 0.15) is 39.5 Å². The first-order valence-corrected chi connectivity index (χ1v) is 7.09. The van der Waals surface area contributed by atoms with E-state index in [-0.39, 0.29) is 11.6 Å². The largest absolute Gasteiger partial charge is 0.346 e. The molecule has 1 unspecified atom stereocenters. The van der Waals surface area contributed by atoms with E-state index in [1.165, 1.54) is 7.11 Å². The summed E-state index contributed by atoms with van der Waals surface area (Å²) < 4.78 is 5.56. The molecule has 20 heavy (non-hydrogen) atoms. The van der Waals surface area contributed by atoms with Gasteiger partial charge in [-0.15, -0.1) is 0 Å². The van der Waals surface area contributed by atoms with Crippen LogP contribution in [0.15, 0.2) is 11.6 Å². The number of ketones is 2. The summed E-state index contributed by atoms with van der Waals surface area (Å²) in [5, 5.41) is 0. The van der Waals surface area contributed by atoms with Gasteiger partial charge in [-0.25, -0.2) is 4.89 Å². The molecule has 1 aliphatic heterocycles. The molecule has 0 bridgehead atoms. The lowest BCUT2D eigenvalue weighted by Crippen LogP contribution is -2.62. The maximum atomic E-state index is 12.8. The Morgan fingerprint density at radius 3 is 2.25 bits per heavy atom. The molecule has 2 spiro atoms. The van der Waals surface area contributed by atoms with Crippen LogP contribution in [-0.4, -0.2) is 30.1 Å². The monoisotopic (exact) mass is 278 g/mol. The Labute approximate surface area is 117 Å². The highest BCUT2D eigenvalue weighted by Crippen LogP contribution is 2.71. The van der Waals surface area contributed by atoms with E-state index in [1.54, 1.807) is 6.08 Å². The number of ether oxygens (including phenoxy) is 1. The zero-order chi connectivity index (χ0) is 14.4. The molecule has 0 aromatic heterocycles. The molecule has 0 aromatic rings. The highest BCUT2D eigenvalue weighted by molar-refractivity contribution is 6.23. The van der Waals surface area contributed by atoms with Crippen molar-refractivity contribution in [3.05, 3.63) is 11.6 Å². The average molecular weight is 278 g/mol. The van der Waals surface area contributed by atoms with Gasteiger partial charge in [0, 0.05) is 7.11 Å².